The first-order valence-electron chi connectivity index (χ1n) is 45.3. The Morgan fingerprint density at radius 1 is 0.423 bits per heavy atom. The van der Waals surface area contributed by atoms with Gasteiger partial charge in [0.25, 0.3) is 0 Å². The second-order valence-corrected chi connectivity index (χ2v) is 36.1. The van der Waals surface area contributed by atoms with Crippen LogP contribution < -0.4 is 23.7 Å². The van der Waals surface area contributed by atoms with Crippen LogP contribution in [0.4, 0.5) is 19.2 Å². The number of H-pyrrole nitrogens is 4. The van der Waals surface area contributed by atoms with Gasteiger partial charge in [-0.15, -0.1) is 47.1 Å². The molecule has 15 aromatic rings. The van der Waals surface area contributed by atoms with Crippen molar-refractivity contribution >= 4 is 149 Å². The molecule has 4 N–H and O–H groups in total. The van der Waals surface area contributed by atoms with Crippen LogP contribution in [0.5, 0.6) is 28.7 Å². The van der Waals surface area contributed by atoms with Crippen molar-refractivity contribution in [3.05, 3.63) is 331 Å². The number of terminal acetylenes is 1. The molecule has 19 rings (SSSR count). The minimum absolute atomic E-state index is 0.173. The molecule has 137 heavy (non-hydrogen) atoms. The molecule has 6 aromatic heterocycles. The third kappa shape index (κ3) is 23.7. The van der Waals surface area contributed by atoms with Crippen molar-refractivity contribution in [3.63, 3.8) is 0 Å². The monoisotopic (exact) mass is 1980 g/mol. The first kappa shape index (κ1) is 97.2. The Hall–Kier alpha value is -12.9. The third-order valence-electron chi connectivity index (χ3n) is 24.1. The van der Waals surface area contributed by atoms with Gasteiger partial charge in [0.2, 0.25) is 0 Å². The number of halogens is 7. The number of imidazole rings is 1. The Labute approximate surface area is 828 Å². The highest BCUT2D eigenvalue weighted by Crippen LogP contribution is 2.46. The lowest BCUT2D eigenvalue weighted by atomic mass is 9.92. The molecule has 32 heteroatoms. The quantitative estimate of drug-likeness (QED) is 0.0117. The van der Waals surface area contributed by atoms with E-state index in [1.165, 1.54) is 28.6 Å². The van der Waals surface area contributed by atoms with Gasteiger partial charge in [0.15, 0.2) is 0 Å². The lowest BCUT2D eigenvalue weighted by Gasteiger charge is -2.35. The molecule has 0 spiro atoms. The standard InChI is InChI=1S/C31H29ClN4O3.C27H26ClN5O3.C24H24Cl2N2O3.C23H23Cl3N2O3/c1-21-3-8-25(9-4-21)39-31(37)36-16-13-26-27-19-23(32)7-12-28(27)34-29(26)30(36)22-5-10-24(11-6-22)38-18-2-15-35-17-14-33-20-35;1-2-3-14-36-27(34)33-13-11-22-23-16-20(28)7-10-24(23)31-25(22)26(33)19-5-8-21(9-6-19)35-15-4-12-32-18-29-17-30-32;1-15(2)31-24(29)28-12-10-19-20-14-17(26)6-9-21(20)27-22(19)23(28)16-4-7-18(8-5-16)30-13-3-11-25;24-9-1-12-30-17-5-2-15(3-6-17)22-21-18(8-11-28(22)23(29)31-13-10-25)19-14-16(26)4-7-20(19)27-21/h3-12,14,17,19-20,30,34H,2,13,15-16,18H2,1H3;1,5-10,16-18,26,31H,3-4,11-15H2;4-9,14,23,27H,1,3,10-13H2,2H3;2-7,14,22,27H,1,8-13H2. The number of carbonyl (C=O) groups excluding carboxylic acids is 4. The lowest BCUT2D eigenvalue weighted by Crippen LogP contribution is -2.42. The molecule has 0 saturated carbocycles. The maximum Gasteiger partial charge on any atom is 0.416 e. The Morgan fingerprint density at radius 2 is 0.781 bits per heavy atom. The van der Waals surface area contributed by atoms with Gasteiger partial charge in [0.1, 0.15) is 78.8 Å². The molecule has 4 unspecified atom stereocenters. The number of ether oxygens (including phenoxy) is 8. The second-order valence-electron chi connectivity index (χ2n) is 33.3. The number of alkyl halides is 3. The number of hydrogen-bond donors (Lipinski definition) is 4. The first-order valence-corrected chi connectivity index (χ1v) is 48.5. The van der Waals surface area contributed by atoms with Crippen molar-refractivity contribution in [1.29, 1.82) is 0 Å². The summed E-state index contributed by atoms with van der Waals surface area (Å²) in [6.45, 7) is 13.7. The molecule has 4 aliphatic heterocycles. The highest BCUT2D eigenvalue weighted by atomic mass is 35.5. The molecule has 4 aliphatic rings. The van der Waals surface area contributed by atoms with E-state index in [0.29, 0.717) is 128 Å². The zero-order valence-corrected chi connectivity index (χ0v) is 80.8. The lowest BCUT2D eigenvalue weighted by molar-refractivity contribution is 0.0905. The summed E-state index contributed by atoms with van der Waals surface area (Å²) < 4.78 is 49.1. The summed E-state index contributed by atoms with van der Waals surface area (Å²) in [6.07, 6.45) is 18.9. The molecule has 0 fully saturated rings. The van der Waals surface area contributed by atoms with E-state index in [9.17, 15) is 19.2 Å². The molecule has 9 aromatic carbocycles. The van der Waals surface area contributed by atoms with Crippen LogP contribution in [-0.4, -0.2) is 172 Å². The fourth-order valence-corrected chi connectivity index (χ4v) is 18.8. The average Bonchev–Trinajstić information content (AvgIpc) is 1.61. The van der Waals surface area contributed by atoms with Gasteiger partial charge in [-0.3, -0.25) is 24.3 Å². The van der Waals surface area contributed by atoms with Crippen molar-refractivity contribution < 1.29 is 57.1 Å². The Bertz CT molecular complexity index is 6710. The summed E-state index contributed by atoms with van der Waals surface area (Å²) in [5, 5.41) is 11.2. The molecule has 0 aliphatic carbocycles. The van der Waals surface area contributed by atoms with Crippen LogP contribution in [0, 0.1) is 19.3 Å². The van der Waals surface area contributed by atoms with Crippen LogP contribution in [0.3, 0.4) is 0 Å². The Morgan fingerprint density at radius 3 is 1.12 bits per heavy atom. The SMILES string of the molecule is C#CCCOC(=O)N1CCc2c([nH]c3ccc(Cl)cc23)C1c1ccc(OCCCn2cncn2)cc1.C=C(C)OC(=O)N1CCc2c([nH]c3ccc(Cl)cc23)C1c1ccc(OCCCCl)cc1.Cc1ccc(OC(=O)N2CCc3c([nH]c4ccc(Cl)cc34)C2c2ccc(OCCCn3ccnc3)cc2)cc1.O=C(OCCCl)N1CCc2c([nH]c3ccc(Cl)cc23)C1c1ccc(OCCCCl)cc1. The molecule has 0 saturated heterocycles. The number of benzene rings is 9. The summed E-state index contributed by atoms with van der Waals surface area (Å²) in [4.78, 5) is 81.4. The first-order chi connectivity index (χ1) is 66.8. The van der Waals surface area contributed by atoms with E-state index >= 15 is 0 Å². The molecular weight excluding hydrogens is 1880 g/mol. The van der Waals surface area contributed by atoms with Crippen molar-refractivity contribution in [3.8, 4) is 41.1 Å². The van der Waals surface area contributed by atoms with Gasteiger partial charge in [0.05, 0.1) is 44.4 Å². The molecule has 10 heterocycles. The molecular formula is C105H102Cl7N13O12. The number of aromatic nitrogens is 9. The van der Waals surface area contributed by atoms with Crippen LogP contribution >= 0.6 is 81.2 Å². The zero-order valence-electron chi connectivity index (χ0n) is 75.5. The molecule has 708 valence electrons. The van der Waals surface area contributed by atoms with Gasteiger partial charge in [-0.2, -0.15) is 5.10 Å². The van der Waals surface area contributed by atoms with E-state index in [1.54, 1.807) is 50.1 Å². The summed E-state index contributed by atoms with van der Waals surface area (Å²) in [6, 6.07) is 60.9. The normalized spacial score (nSPS) is 15.2. The number of aromatic amines is 4. The van der Waals surface area contributed by atoms with Crippen LogP contribution in [0.2, 0.25) is 20.1 Å². The van der Waals surface area contributed by atoms with Gasteiger partial charge in [-0.05, 0) is 237 Å². The molecule has 25 nitrogen and oxygen atoms in total. The van der Waals surface area contributed by atoms with E-state index in [2.05, 4.69) is 47.5 Å². The predicted octanol–water partition coefficient (Wildman–Crippen LogP) is 24.5. The van der Waals surface area contributed by atoms with E-state index in [0.717, 1.165) is 156 Å². The number of amides is 4. The number of nitrogens with zero attached hydrogens (tertiary/aromatic N) is 9. The Balaban J connectivity index is 0.000000133. The summed E-state index contributed by atoms with van der Waals surface area (Å²) >= 11 is 42.3. The van der Waals surface area contributed by atoms with Crippen molar-refractivity contribution in [2.75, 3.05) is 83.5 Å². The number of fused-ring (bicyclic) bond motifs is 12. The maximum absolute atomic E-state index is 13.5. The van der Waals surface area contributed by atoms with Gasteiger partial charge in [0, 0.05) is 163 Å². The van der Waals surface area contributed by atoms with Crippen molar-refractivity contribution in [1.82, 2.24) is 63.9 Å². The largest absolute Gasteiger partial charge is 0.494 e. The second kappa shape index (κ2) is 46.3. The van der Waals surface area contributed by atoms with E-state index in [-0.39, 0.29) is 61.5 Å². The Kier molecular flexibility index (Phi) is 32.8. The van der Waals surface area contributed by atoms with Crippen LogP contribution in [0.15, 0.2) is 238 Å². The number of carbonyl (C=O) groups is 4. The van der Waals surface area contributed by atoms with Gasteiger partial charge >= 0.3 is 24.4 Å². The number of nitrogens with one attached hydrogen (secondary N) is 4. The summed E-state index contributed by atoms with van der Waals surface area (Å²) in [7, 11) is 0. The summed E-state index contributed by atoms with van der Waals surface area (Å²) in [5.74, 6) is 7.87. The summed E-state index contributed by atoms with van der Waals surface area (Å²) in [5.41, 5.74) is 17.5. The number of aryl methyl sites for hydroxylation is 3. The molecule has 4 amide bonds. The number of hydrogen-bond acceptors (Lipinski definition) is 15. The number of rotatable bonds is 28. The fourth-order valence-electron chi connectivity index (χ4n) is 17.8. The maximum atomic E-state index is 13.5. The topological polar surface area (TPSA) is 267 Å². The van der Waals surface area contributed by atoms with Crippen LogP contribution in [0.1, 0.15) is 136 Å². The molecule has 4 atom stereocenters. The zero-order chi connectivity index (χ0) is 95.4. The van der Waals surface area contributed by atoms with E-state index in [4.69, 9.17) is 126 Å². The van der Waals surface area contributed by atoms with Crippen LogP contribution in [0.25, 0.3) is 43.6 Å². The highest BCUT2D eigenvalue weighted by molar-refractivity contribution is 6.32. The highest BCUT2D eigenvalue weighted by Gasteiger charge is 2.41. The molecule has 0 bridgehead atoms. The minimum Gasteiger partial charge on any atom is -0.494 e. The predicted molar refractivity (Wildman–Crippen MR) is 538 cm³/mol. The smallest absolute Gasteiger partial charge is 0.416 e. The van der Waals surface area contributed by atoms with Gasteiger partial charge in [-0.1, -0.05) is 119 Å². The van der Waals surface area contributed by atoms with E-state index < -0.39 is 6.09 Å². The average molecular weight is 1990 g/mol. The number of allylic oxidation sites excluding steroid dienone is 1. The third-order valence-corrected chi connectivity index (χ3v) is 25.7. The minimum atomic E-state index is -0.415. The van der Waals surface area contributed by atoms with Crippen LogP contribution in [-0.2, 0) is 53.0 Å². The molecule has 0 radical (unpaired) electrons. The van der Waals surface area contributed by atoms with Crippen molar-refractivity contribution in [2.45, 2.75) is 109 Å². The van der Waals surface area contributed by atoms with Crippen molar-refractivity contribution in [2.24, 2.45) is 0 Å². The van der Waals surface area contributed by atoms with Gasteiger partial charge in [-0.25, -0.2) is 29.1 Å². The fraction of sp³-hybridized carbons (Fsp3) is 0.286. The van der Waals surface area contributed by atoms with Gasteiger partial charge < -0.3 is 62.4 Å². The van der Waals surface area contributed by atoms with E-state index in [1.807, 2.05) is 212 Å².